The van der Waals surface area contributed by atoms with Crippen molar-refractivity contribution in [1.82, 2.24) is 0 Å². The van der Waals surface area contributed by atoms with Crippen molar-refractivity contribution in [2.45, 2.75) is 18.4 Å². The number of hydrogen-bond acceptors (Lipinski definition) is 5. The van der Waals surface area contributed by atoms with Crippen molar-refractivity contribution in [3.63, 3.8) is 0 Å². The van der Waals surface area contributed by atoms with Crippen LogP contribution in [-0.2, 0) is 0 Å². The van der Waals surface area contributed by atoms with Gasteiger partial charge in [0.25, 0.3) is 11.4 Å². The predicted molar refractivity (Wildman–Crippen MR) is 97.6 cm³/mol. The lowest BCUT2D eigenvalue weighted by Gasteiger charge is -2.37. The van der Waals surface area contributed by atoms with Gasteiger partial charge in [0.2, 0.25) is 0 Å². The van der Waals surface area contributed by atoms with Crippen molar-refractivity contribution in [3.05, 3.63) is 84.9 Å². The number of nitrogens with one attached hydrogen (secondary N) is 1. The number of nitro groups is 2. The Bertz CT molecular complexity index is 959. The highest BCUT2D eigenvalue weighted by atomic mass is 35.5. The summed E-state index contributed by atoms with van der Waals surface area (Å²) in [6.45, 7) is 0. The molecule has 0 bridgehead atoms. The maximum atomic E-state index is 11.5. The van der Waals surface area contributed by atoms with Gasteiger partial charge in [-0.1, -0.05) is 42.0 Å². The van der Waals surface area contributed by atoms with Gasteiger partial charge in [-0.2, -0.15) is 0 Å². The van der Waals surface area contributed by atoms with Crippen LogP contribution in [0.3, 0.4) is 0 Å². The van der Waals surface area contributed by atoms with Crippen molar-refractivity contribution in [2.24, 2.45) is 5.92 Å². The van der Waals surface area contributed by atoms with E-state index in [0.717, 1.165) is 0 Å². The highest BCUT2D eigenvalue weighted by molar-refractivity contribution is 6.33. The lowest BCUT2D eigenvalue weighted by atomic mass is 9.76. The molecule has 0 amide bonds. The van der Waals surface area contributed by atoms with E-state index in [0.29, 0.717) is 28.3 Å². The first-order valence-corrected chi connectivity index (χ1v) is 8.50. The van der Waals surface area contributed by atoms with Crippen LogP contribution in [0.25, 0.3) is 0 Å². The second kappa shape index (κ2) is 6.10. The molecule has 0 aromatic heterocycles. The van der Waals surface area contributed by atoms with Crippen molar-refractivity contribution >= 4 is 28.7 Å². The fraction of sp³-hybridized carbons (Fsp3) is 0.222. The third-order valence-corrected chi connectivity index (χ3v) is 5.43. The number of nitro benzene ring substituents is 2. The van der Waals surface area contributed by atoms with E-state index in [1.165, 1.54) is 18.2 Å². The lowest BCUT2D eigenvalue weighted by Crippen LogP contribution is -2.30. The van der Waals surface area contributed by atoms with Gasteiger partial charge in [0.1, 0.15) is 0 Å². The molecule has 8 heteroatoms. The van der Waals surface area contributed by atoms with E-state index in [-0.39, 0.29) is 29.3 Å². The Morgan fingerprint density at radius 1 is 1.04 bits per heavy atom. The van der Waals surface area contributed by atoms with E-state index in [1.54, 1.807) is 18.2 Å². The number of para-hydroxylation sites is 1. The zero-order valence-corrected chi connectivity index (χ0v) is 14.2. The Kier molecular flexibility index (Phi) is 3.88. The Morgan fingerprint density at radius 3 is 2.50 bits per heavy atom. The molecule has 1 N–H and O–H groups in total. The summed E-state index contributed by atoms with van der Waals surface area (Å²) in [6.07, 6.45) is 4.59. The minimum Gasteiger partial charge on any atom is -0.376 e. The number of benzene rings is 2. The first-order valence-electron chi connectivity index (χ1n) is 8.12. The van der Waals surface area contributed by atoms with Crippen LogP contribution in [0.4, 0.5) is 17.1 Å². The van der Waals surface area contributed by atoms with E-state index >= 15 is 0 Å². The van der Waals surface area contributed by atoms with Crippen LogP contribution >= 0.6 is 11.6 Å². The molecule has 3 atom stereocenters. The second-order valence-corrected chi connectivity index (χ2v) is 6.81. The number of nitrogens with zero attached hydrogens (tertiary/aromatic N) is 2. The lowest BCUT2D eigenvalue weighted by molar-refractivity contribution is -0.386. The largest absolute Gasteiger partial charge is 0.376 e. The van der Waals surface area contributed by atoms with Crippen LogP contribution in [0.1, 0.15) is 29.5 Å². The van der Waals surface area contributed by atoms with Gasteiger partial charge in [-0.25, -0.2) is 0 Å². The fourth-order valence-electron chi connectivity index (χ4n) is 4.04. The van der Waals surface area contributed by atoms with E-state index in [9.17, 15) is 20.2 Å². The molecule has 0 spiro atoms. The molecule has 2 aromatic carbocycles. The highest BCUT2D eigenvalue weighted by Gasteiger charge is 2.44. The molecule has 26 heavy (non-hydrogen) atoms. The molecule has 1 heterocycles. The molecule has 0 radical (unpaired) electrons. The highest BCUT2D eigenvalue weighted by Crippen LogP contribution is 2.55. The average Bonchev–Trinajstić information content (AvgIpc) is 3.11. The number of hydrogen-bond donors (Lipinski definition) is 1. The van der Waals surface area contributed by atoms with Gasteiger partial charge in [-0.05, 0) is 18.4 Å². The number of fused-ring (bicyclic) bond motifs is 3. The van der Waals surface area contributed by atoms with Crippen molar-refractivity contribution in [2.75, 3.05) is 5.32 Å². The molecule has 4 rings (SSSR count). The first kappa shape index (κ1) is 16.5. The Balaban J connectivity index is 1.90. The second-order valence-electron chi connectivity index (χ2n) is 6.40. The van der Waals surface area contributed by atoms with Gasteiger partial charge in [0.05, 0.1) is 37.7 Å². The molecular weight excluding hydrogens is 358 g/mol. The molecule has 0 saturated carbocycles. The number of anilines is 1. The third-order valence-electron chi connectivity index (χ3n) is 5.11. The summed E-state index contributed by atoms with van der Waals surface area (Å²) in [5.41, 5.74) is 1.64. The van der Waals surface area contributed by atoms with Crippen LogP contribution in [0, 0.1) is 26.1 Å². The molecule has 7 nitrogen and oxygen atoms in total. The van der Waals surface area contributed by atoms with Crippen molar-refractivity contribution in [3.8, 4) is 0 Å². The molecule has 1 aliphatic carbocycles. The minimum atomic E-state index is -0.411. The van der Waals surface area contributed by atoms with Crippen LogP contribution in [0.2, 0.25) is 5.02 Å². The Labute approximate surface area is 153 Å². The summed E-state index contributed by atoms with van der Waals surface area (Å²) in [7, 11) is 0. The Hall–Kier alpha value is -2.93. The number of halogens is 1. The van der Waals surface area contributed by atoms with E-state index in [2.05, 4.69) is 5.32 Å². The van der Waals surface area contributed by atoms with E-state index in [1.807, 2.05) is 12.2 Å². The van der Waals surface area contributed by atoms with Gasteiger partial charge in [0, 0.05) is 18.1 Å². The van der Waals surface area contributed by atoms with E-state index in [4.69, 9.17) is 11.6 Å². The van der Waals surface area contributed by atoms with Crippen LogP contribution < -0.4 is 5.32 Å². The zero-order chi connectivity index (χ0) is 18.4. The summed E-state index contributed by atoms with van der Waals surface area (Å²) >= 11 is 6.32. The molecule has 2 aromatic rings. The average molecular weight is 372 g/mol. The van der Waals surface area contributed by atoms with Gasteiger partial charge < -0.3 is 5.32 Å². The zero-order valence-electron chi connectivity index (χ0n) is 13.5. The van der Waals surface area contributed by atoms with Crippen molar-refractivity contribution in [1.29, 1.82) is 0 Å². The summed E-state index contributed by atoms with van der Waals surface area (Å²) in [4.78, 5) is 22.1. The molecule has 132 valence electrons. The SMILES string of the molecule is O=[N+]([O-])c1ccccc1[C@@H]1Nc2c(Cl)ccc([N+](=O)[O-])c2[C@@H]2C=CC[C@@H]21. The number of allylic oxidation sites excluding steroid dienone is 2. The van der Waals surface area contributed by atoms with Crippen LogP contribution in [0.5, 0.6) is 0 Å². The van der Waals surface area contributed by atoms with Gasteiger partial charge in [-0.15, -0.1) is 0 Å². The molecular formula is C18H14ClN3O4. The maximum absolute atomic E-state index is 11.5. The molecule has 0 unspecified atom stereocenters. The summed E-state index contributed by atoms with van der Waals surface area (Å²) in [5.74, 6) is -0.268. The monoisotopic (exact) mass is 371 g/mol. The first-order chi connectivity index (χ1) is 12.5. The molecule has 0 fully saturated rings. The fourth-order valence-corrected chi connectivity index (χ4v) is 4.26. The summed E-state index contributed by atoms with van der Waals surface area (Å²) in [6, 6.07) is 9.12. The van der Waals surface area contributed by atoms with E-state index < -0.39 is 9.85 Å². The standard InChI is InChI=1S/C18H14ClN3O4/c19-13-8-9-15(22(25)26)16-10-5-3-6-11(10)17(20-18(13)16)12-4-1-2-7-14(12)21(23)24/h1-5,7-11,17,20H,6H2/t10-,11+,17-/m1/s1. The van der Waals surface area contributed by atoms with Crippen LogP contribution in [0.15, 0.2) is 48.6 Å². The molecule has 0 saturated heterocycles. The van der Waals surface area contributed by atoms with Crippen molar-refractivity contribution < 1.29 is 9.85 Å². The quantitative estimate of drug-likeness (QED) is 0.466. The summed E-state index contributed by atoms with van der Waals surface area (Å²) < 4.78 is 0. The maximum Gasteiger partial charge on any atom is 0.275 e. The topological polar surface area (TPSA) is 98.3 Å². The van der Waals surface area contributed by atoms with Gasteiger partial charge >= 0.3 is 0 Å². The normalized spacial score (nSPS) is 23.0. The van der Waals surface area contributed by atoms with Gasteiger partial charge in [0.15, 0.2) is 0 Å². The minimum absolute atomic E-state index is 0.0134. The van der Waals surface area contributed by atoms with Gasteiger partial charge in [-0.3, -0.25) is 20.2 Å². The Morgan fingerprint density at radius 2 is 1.77 bits per heavy atom. The number of rotatable bonds is 3. The molecule has 2 aliphatic rings. The predicted octanol–water partition coefficient (Wildman–Crippen LogP) is 4.98. The van der Waals surface area contributed by atoms with Crippen LogP contribution in [-0.4, -0.2) is 9.85 Å². The summed E-state index contributed by atoms with van der Waals surface area (Å²) in [5, 5.41) is 26.6. The molecule has 1 aliphatic heterocycles. The third kappa shape index (κ3) is 2.43. The smallest absolute Gasteiger partial charge is 0.275 e.